The molecule has 0 radical (unpaired) electrons. The van der Waals surface area contributed by atoms with Crippen LogP contribution >= 0.6 is 0 Å². The average molecular weight is 288 g/mol. The van der Waals surface area contributed by atoms with Crippen LogP contribution in [0.15, 0.2) is 30.3 Å². The molecule has 1 aromatic carbocycles. The lowest BCUT2D eigenvalue weighted by molar-refractivity contribution is 0.187. The number of rotatable bonds is 9. The second-order valence-corrected chi connectivity index (χ2v) is 6.74. The molecule has 0 spiro atoms. The van der Waals surface area contributed by atoms with E-state index in [1.807, 2.05) is 0 Å². The normalized spacial score (nSPS) is 18.2. The van der Waals surface area contributed by atoms with Crippen molar-refractivity contribution in [1.82, 2.24) is 10.2 Å². The Hall–Kier alpha value is -0.860. The molecule has 0 heterocycles. The van der Waals surface area contributed by atoms with Gasteiger partial charge in [0.1, 0.15) is 0 Å². The van der Waals surface area contributed by atoms with Gasteiger partial charge in [-0.2, -0.15) is 0 Å². The van der Waals surface area contributed by atoms with Crippen molar-refractivity contribution in [2.75, 3.05) is 20.6 Å². The molecule has 1 aliphatic rings. The molecule has 2 nitrogen and oxygen atoms in total. The highest BCUT2D eigenvalue weighted by molar-refractivity contribution is 5.21. The fraction of sp³-hybridized carbons (Fsp3) is 0.684. The zero-order valence-corrected chi connectivity index (χ0v) is 14.2. The molecule has 0 amide bonds. The molecule has 2 heteroatoms. The predicted octanol–water partition coefficient (Wildman–Crippen LogP) is 4.09. The lowest BCUT2D eigenvalue weighted by Crippen LogP contribution is -2.44. The summed E-state index contributed by atoms with van der Waals surface area (Å²) in [6, 6.07) is 12.2. The van der Waals surface area contributed by atoms with Crippen molar-refractivity contribution in [2.24, 2.45) is 11.8 Å². The molecule has 1 aromatic rings. The van der Waals surface area contributed by atoms with Crippen LogP contribution in [0.3, 0.4) is 0 Å². The maximum Gasteiger partial charge on any atom is 0.0349 e. The first-order valence-corrected chi connectivity index (χ1v) is 8.62. The minimum Gasteiger partial charge on any atom is -0.308 e. The summed E-state index contributed by atoms with van der Waals surface area (Å²) in [4.78, 5) is 2.40. The van der Waals surface area contributed by atoms with E-state index >= 15 is 0 Å². The first-order valence-electron chi connectivity index (χ1n) is 8.62. The van der Waals surface area contributed by atoms with E-state index in [2.05, 4.69) is 68.5 Å². The molecule has 0 saturated heterocycles. The van der Waals surface area contributed by atoms with Gasteiger partial charge in [0.05, 0.1) is 0 Å². The van der Waals surface area contributed by atoms with Gasteiger partial charge in [0.15, 0.2) is 0 Å². The van der Waals surface area contributed by atoms with E-state index in [0.717, 1.165) is 18.4 Å². The van der Waals surface area contributed by atoms with Crippen LogP contribution in [0.5, 0.6) is 0 Å². The fourth-order valence-corrected chi connectivity index (χ4v) is 3.50. The molecule has 21 heavy (non-hydrogen) atoms. The van der Waals surface area contributed by atoms with Gasteiger partial charge in [-0.15, -0.1) is 0 Å². The monoisotopic (exact) mass is 288 g/mol. The lowest BCUT2D eigenvalue weighted by atomic mass is 9.92. The molecule has 1 saturated carbocycles. The van der Waals surface area contributed by atoms with Crippen molar-refractivity contribution in [3.05, 3.63) is 35.9 Å². The average Bonchev–Trinajstić information content (AvgIpc) is 3.32. The van der Waals surface area contributed by atoms with Crippen LogP contribution < -0.4 is 5.32 Å². The molecule has 1 N–H and O–H groups in total. The number of likely N-dealkylation sites (N-methyl/N-ethyl adjacent to an activating group) is 1. The van der Waals surface area contributed by atoms with Gasteiger partial charge in [0, 0.05) is 18.6 Å². The molecule has 1 fully saturated rings. The topological polar surface area (TPSA) is 15.3 Å². The van der Waals surface area contributed by atoms with E-state index < -0.39 is 0 Å². The third kappa shape index (κ3) is 4.55. The largest absolute Gasteiger partial charge is 0.308 e. The third-order valence-electron chi connectivity index (χ3n) is 5.06. The quantitative estimate of drug-likeness (QED) is 0.736. The van der Waals surface area contributed by atoms with Crippen molar-refractivity contribution in [1.29, 1.82) is 0 Å². The van der Waals surface area contributed by atoms with Gasteiger partial charge in [0.25, 0.3) is 0 Å². The zero-order valence-electron chi connectivity index (χ0n) is 14.2. The summed E-state index contributed by atoms with van der Waals surface area (Å²) < 4.78 is 0. The Balaban J connectivity index is 2.00. The number of nitrogens with zero attached hydrogens (tertiary/aromatic N) is 1. The highest BCUT2D eigenvalue weighted by Gasteiger charge is 2.33. The highest BCUT2D eigenvalue weighted by atomic mass is 15.1. The minimum absolute atomic E-state index is 0.544. The van der Waals surface area contributed by atoms with Crippen molar-refractivity contribution >= 4 is 0 Å². The van der Waals surface area contributed by atoms with E-state index in [0.29, 0.717) is 12.1 Å². The van der Waals surface area contributed by atoms with Gasteiger partial charge < -0.3 is 10.2 Å². The van der Waals surface area contributed by atoms with Crippen LogP contribution in [-0.4, -0.2) is 31.6 Å². The van der Waals surface area contributed by atoms with Crippen LogP contribution in [0.4, 0.5) is 0 Å². The summed E-state index contributed by atoms with van der Waals surface area (Å²) in [5, 5.41) is 3.89. The van der Waals surface area contributed by atoms with Crippen molar-refractivity contribution in [3.8, 4) is 0 Å². The molecule has 2 rings (SSSR count). The lowest BCUT2D eigenvalue weighted by Gasteiger charge is -2.33. The Bertz CT molecular complexity index is 393. The summed E-state index contributed by atoms with van der Waals surface area (Å²) in [6.45, 7) is 5.73. The van der Waals surface area contributed by atoms with Crippen LogP contribution in [0.25, 0.3) is 0 Å². The van der Waals surface area contributed by atoms with Gasteiger partial charge >= 0.3 is 0 Å². The molecule has 0 aliphatic heterocycles. The zero-order chi connectivity index (χ0) is 15.2. The van der Waals surface area contributed by atoms with E-state index in [1.165, 1.54) is 31.2 Å². The first-order chi connectivity index (χ1) is 10.2. The SMILES string of the molecule is CCC(CC)C(CNC(c1ccccc1)C1CC1)N(C)C. The van der Waals surface area contributed by atoms with Crippen LogP contribution in [0, 0.1) is 11.8 Å². The summed E-state index contributed by atoms with van der Waals surface area (Å²) >= 11 is 0. The van der Waals surface area contributed by atoms with Crippen LogP contribution in [-0.2, 0) is 0 Å². The van der Waals surface area contributed by atoms with E-state index in [1.54, 1.807) is 0 Å². The summed E-state index contributed by atoms with van der Waals surface area (Å²) in [5.41, 5.74) is 1.46. The van der Waals surface area contributed by atoms with Gasteiger partial charge in [-0.3, -0.25) is 0 Å². The second kappa shape index (κ2) is 7.95. The summed E-state index contributed by atoms with van der Waals surface area (Å²) in [5.74, 6) is 1.63. The van der Waals surface area contributed by atoms with Crippen LogP contribution in [0.1, 0.15) is 51.1 Å². The van der Waals surface area contributed by atoms with Gasteiger partial charge in [0.2, 0.25) is 0 Å². The smallest absolute Gasteiger partial charge is 0.0349 e. The Morgan fingerprint density at radius 3 is 2.19 bits per heavy atom. The van der Waals surface area contributed by atoms with Crippen LogP contribution in [0.2, 0.25) is 0 Å². The molecule has 0 bridgehead atoms. The maximum atomic E-state index is 3.89. The van der Waals surface area contributed by atoms with Crippen molar-refractivity contribution in [3.63, 3.8) is 0 Å². The molecule has 1 aliphatic carbocycles. The van der Waals surface area contributed by atoms with E-state index in [-0.39, 0.29) is 0 Å². The van der Waals surface area contributed by atoms with Gasteiger partial charge in [-0.25, -0.2) is 0 Å². The number of nitrogens with one attached hydrogen (secondary N) is 1. The standard InChI is InChI=1S/C19H32N2/c1-5-15(6-2)18(21(3)4)14-20-19(17-12-13-17)16-10-8-7-9-11-16/h7-11,15,17-20H,5-6,12-14H2,1-4H3. The molecule has 2 unspecified atom stereocenters. The Labute approximate surface area is 130 Å². The minimum atomic E-state index is 0.544. The number of hydrogen-bond acceptors (Lipinski definition) is 2. The third-order valence-corrected chi connectivity index (χ3v) is 5.06. The van der Waals surface area contributed by atoms with Crippen molar-refractivity contribution in [2.45, 2.75) is 51.6 Å². The second-order valence-electron chi connectivity index (χ2n) is 6.74. The number of hydrogen-bond donors (Lipinski definition) is 1. The van der Waals surface area contributed by atoms with Gasteiger partial charge in [-0.05, 0) is 44.3 Å². The Morgan fingerprint density at radius 2 is 1.71 bits per heavy atom. The van der Waals surface area contributed by atoms with E-state index in [9.17, 15) is 0 Å². The van der Waals surface area contributed by atoms with Crippen molar-refractivity contribution < 1.29 is 0 Å². The Morgan fingerprint density at radius 1 is 1.10 bits per heavy atom. The molecular weight excluding hydrogens is 256 g/mol. The summed E-state index contributed by atoms with van der Waals surface area (Å²) in [6.07, 6.45) is 5.29. The predicted molar refractivity (Wildman–Crippen MR) is 91.5 cm³/mol. The van der Waals surface area contributed by atoms with Gasteiger partial charge in [-0.1, -0.05) is 57.0 Å². The highest BCUT2D eigenvalue weighted by Crippen LogP contribution is 2.41. The Kier molecular flexibility index (Phi) is 6.25. The molecular formula is C19H32N2. The molecule has 118 valence electrons. The molecule has 0 aromatic heterocycles. The summed E-state index contributed by atoms with van der Waals surface area (Å²) in [7, 11) is 4.44. The molecule has 2 atom stereocenters. The fourth-order valence-electron chi connectivity index (χ4n) is 3.50. The maximum absolute atomic E-state index is 3.89. The number of benzene rings is 1. The van der Waals surface area contributed by atoms with E-state index in [4.69, 9.17) is 0 Å². The first kappa shape index (κ1) is 16.5.